The Morgan fingerprint density at radius 3 is 2.79 bits per heavy atom. The summed E-state index contributed by atoms with van der Waals surface area (Å²) in [6.45, 7) is 4.89. The molecule has 0 saturated heterocycles. The van der Waals surface area contributed by atoms with Crippen molar-refractivity contribution in [2.45, 2.75) is 39.5 Å². The molecule has 0 bridgehead atoms. The van der Waals surface area contributed by atoms with Crippen molar-refractivity contribution >= 4 is 38.2 Å². The van der Waals surface area contributed by atoms with Gasteiger partial charge in [-0.1, -0.05) is 57.4 Å². The Labute approximate surface area is 147 Å². The highest BCUT2D eigenvalue weighted by Gasteiger charge is 2.17. The minimum absolute atomic E-state index is 0.195. The lowest BCUT2D eigenvalue weighted by atomic mass is 10.0. The summed E-state index contributed by atoms with van der Waals surface area (Å²) >= 11 is 1.68. The van der Waals surface area contributed by atoms with Crippen molar-refractivity contribution in [2.75, 3.05) is 6.61 Å². The van der Waals surface area contributed by atoms with Gasteiger partial charge >= 0.3 is 5.97 Å². The van der Waals surface area contributed by atoms with Crippen molar-refractivity contribution in [3.63, 3.8) is 0 Å². The number of hydrogen-bond donors (Lipinski definition) is 0. The first kappa shape index (κ1) is 17.0. The van der Waals surface area contributed by atoms with Crippen molar-refractivity contribution in [2.24, 2.45) is 5.92 Å². The molecule has 0 aliphatic rings. The normalized spacial score (nSPS) is 12.6. The average molecular weight is 340 g/mol. The minimum atomic E-state index is -0.195. The fraction of sp³-hybridized carbons (Fsp3) is 0.381. The molecule has 2 aromatic carbocycles. The van der Waals surface area contributed by atoms with Gasteiger partial charge in [0.25, 0.3) is 0 Å². The van der Waals surface area contributed by atoms with E-state index in [1.165, 1.54) is 18.2 Å². The summed E-state index contributed by atoms with van der Waals surface area (Å²) < 4.78 is 6.84. The van der Waals surface area contributed by atoms with Crippen molar-refractivity contribution in [1.29, 1.82) is 0 Å². The average Bonchev–Trinajstić information content (AvgIpc) is 3.11. The number of rotatable bonds is 7. The number of carbonyl (C=O) groups is 1. The SMILES string of the molecule is CCCCC(CC)COC(=O)c1cc2ccccc2c2sccc12. The lowest BCUT2D eigenvalue weighted by Crippen LogP contribution is -2.14. The number of fused-ring (bicyclic) bond motifs is 3. The molecule has 0 saturated carbocycles. The van der Waals surface area contributed by atoms with Crippen molar-refractivity contribution < 1.29 is 9.53 Å². The van der Waals surface area contributed by atoms with Crippen LogP contribution >= 0.6 is 11.3 Å². The van der Waals surface area contributed by atoms with E-state index in [-0.39, 0.29) is 5.97 Å². The molecular formula is C21H24O2S. The highest BCUT2D eigenvalue weighted by Crippen LogP contribution is 2.33. The first-order valence-corrected chi connectivity index (χ1v) is 9.68. The smallest absolute Gasteiger partial charge is 0.338 e. The van der Waals surface area contributed by atoms with Crippen LogP contribution in [0, 0.1) is 5.92 Å². The van der Waals surface area contributed by atoms with E-state index >= 15 is 0 Å². The molecule has 3 heteroatoms. The molecule has 2 nitrogen and oxygen atoms in total. The number of hydrogen-bond acceptors (Lipinski definition) is 3. The second kappa shape index (κ2) is 7.80. The van der Waals surface area contributed by atoms with Gasteiger partial charge in [-0.2, -0.15) is 0 Å². The van der Waals surface area contributed by atoms with Crippen LogP contribution in [0.3, 0.4) is 0 Å². The Morgan fingerprint density at radius 2 is 2.00 bits per heavy atom. The Morgan fingerprint density at radius 1 is 1.17 bits per heavy atom. The molecule has 0 N–H and O–H groups in total. The van der Waals surface area contributed by atoms with Gasteiger partial charge in [0.2, 0.25) is 0 Å². The highest BCUT2D eigenvalue weighted by molar-refractivity contribution is 7.18. The maximum absolute atomic E-state index is 12.7. The zero-order valence-corrected chi connectivity index (χ0v) is 15.2. The monoisotopic (exact) mass is 340 g/mol. The van der Waals surface area contributed by atoms with E-state index in [9.17, 15) is 4.79 Å². The molecule has 0 amide bonds. The van der Waals surface area contributed by atoms with Gasteiger partial charge in [-0.05, 0) is 40.6 Å². The molecule has 1 unspecified atom stereocenters. The molecule has 1 atom stereocenters. The molecule has 1 aromatic heterocycles. The van der Waals surface area contributed by atoms with E-state index in [0.717, 1.165) is 28.3 Å². The summed E-state index contributed by atoms with van der Waals surface area (Å²) in [5.41, 5.74) is 0.690. The number of unbranched alkanes of at least 4 members (excludes halogenated alkanes) is 1. The van der Waals surface area contributed by atoms with Gasteiger partial charge in [0.05, 0.1) is 12.2 Å². The van der Waals surface area contributed by atoms with Crippen molar-refractivity contribution in [3.05, 3.63) is 47.3 Å². The van der Waals surface area contributed by atoms with Gasteiger partial charge in [0.1, 0.15) is 0 Å². The zero-order valence-electron chi connectivity index (χ0n) is 14.4. The largest absolute Gasteiger partial charge is 0.462 e. The second-order valence-corrected chi connectivity index (χ2v) is 7.24. The molecule has 0 fully saturated rings. The van der Waals surface area contributed by atoms with Gasteiger partial charge in [-0.3, -0.25) is 0 Å². The van der Waals surface area contributed by atoms with Gasteiger partial charge < -0.3 is 4.74 Å². The zero-order chi connectivity index (χ0) is 16.9. The Balaban J connectivity index is 1.85. The topological polar surface area (TPSA) is 26.3 Å². The van der Waals surface area contributed by atoms with Crippen LogP contribution in [-0.4, -0.2) is 12.6 Å². The van der Waals surface area contributed by atoms with E-state index in [4.69, 9.17) is 4.74 Å². The second-order valence-electron chi connectivity index (χ2n) is 6.32. The Kier molecular flexibility index (Phi) is 5.52. The van der Waals surface area contributed by atoms with Gasteiger partial charge in [-0.15, -0.1) is 11.3 Å². The van der Waals surface area contributed by atoms with Crippen LogP contribution in [0.25, 0.3) is 20.9 Å². The van der Waals surface area contributed by atoms with Crippen LogP contribution in [0.5, 0.6) is 0 Å². The fourth-order valence-corrected chi connectivity index (χ4v) is 4.09. The Hall–Kier alpha value is -1.87. The first-order valence-electron chi connectivity index (χ1n) is 8.80. The molecule has 0 aliphatic carbocycles. The van der Waals surface area contributed by atoms with E-state index in [0.29, 0.717) is 18.1 Å². The molecule has 3 rings (SSSR count). The number of esters is 1. The summed E-state index contributed by atoms with van der Waals surface area (Å²) in [5, 5.41) is 5.35. The third-order valence-corrected chi connectivity index (χ3v) is 5.62. The van der Waals surface area contributed by atoms with Crippen molar-refractivity contribution in [1.82, 2.24) is 0 Å². The first-order chi connectivity index (χ1) is 11.7. The van der Waals surface area contributed by atoms with Gasteiger partial charge in [0.15, 0.2) is 0 Å². The third kappa shape index (κ3) is 3.46. The van der Waals surface area contributed by atoms with Crippen LogP contribution in [0.4, 0.5) is 0 Å². The third-order valence-electron chi connectivity index (χ3n) is 4.67. The standard InChI is InChI=1S/C21H24O2S/c1-3-5-8-15(4-2)14-23-21(22)19-13-16-9-6-7-10-17(16)20-18(19)11-12-24-20/h6-7,9-13,15H,3-5,8,14H2,1-2H3. The predicted molar refractivity (Wildman–Crippen MR) is 103 cm³/mol. The maximum Gasteiger partial charge on any atom is 0.338 e. The van der Waals surface area contributed by atoms with E-state index in [1.54, 1.807) is 11.3 Å². The number of carbonyl (C=O) groups excluding carboxylic acids is 1. The summed E-state index contributed by atoms with van der Waals surface area (Å²) in [6, 6.07) is 12.2. The Bertz CT molecular complexity index is 834. The molecule has 126 valence electrons. The lowest BCUT2D eigenvalue weighted by molar-refractivity contribution is 0.0430. The van der Waals surface area contributed by atoms with E-state index in [1.807, 2.05) is 29.6 Å². The lowest BCUT2D eigenvalue weighted by Gasteiger charge is -2.15. The summed E-state index contributed by atoms with van der Waals surface area (Å²) in [7, 11) is 0. The molecule has 24 heavy (non-hydrogen) atoms. The maximum atomic E-state index is 12.7. The minimum Gasteiger partial charge on any atom is -0.462 e. The van der Waals surface area contributed by atoms with Gasteiger partial charge in [-0.25, -0.2) is 4.79 Å². The van der Waals surface area contributed by atoms with Crippen LogP contribution < -0.4 is 0 Å². The molecule has 0 aliphatic heterocycles. The summed E-state index contributed by atoms with van der Waals surface area (Å²) in [4.78, 5) is 12.7. The molecule has 3 aromatic rings. The number of thiophene rings is 1. The molecular weight excluding hydrogens is 316 g/mol. The van der Waals surface area contributed by atoms with Crippen LogP contribution in [0.1, 0.15) is 49.9 Å². The summed E-state index contributed by atoms with van der Waals surface area (Å²) in [5.74, 6) is 0.270. The van der Waals surface area contributed by atoms with E-state index < -0.39 is 0 Å². The van der Waals surface area contributed by atoms with E-state index in [2.05, 4.69) is 26.0 Å². The number of benzene rings is 2. The van der Waals surface area contributed by atoms with Crippen LogP contribution in [0.2, 0.25) is 0 Å². The quantitative estimate of drug-likeness (QED) is 0.463. The van der Waals surface area contributed by atoms with Crippen LogP contribution in [-0.2, 0) is 4.74 Å². The summed E-state index contributed by atoms with van der Waals surface area (Å²) in [6.07, 6.45) is 4.57. The fourth-order valence-electron chi connectivity index (χ4n) is 3.13. The van der Waals surface area contributed by atoms with Gasteiger partial charge in [0, 0.05) is 10.1 Å². The van der Waals surface area contributed by atoms with Crippen LogP contribution in [0.15, 0.2) is 41.8 Å². The highest BCUT2D eigenvalue weighted by atomic mass is 32.1. The number of ether oxygens (including phenoxy) is 1. The molecule has 0 radical (unpaired) electrons. The molecule has 0 spiro atoms. The van der Waals surface area contributed by atoms with Crippen molar-refractivity contribution in [3.8, 4) is 0 Å². The molecule has 1 heterocycles. The predicted octanol–water partition coefficient (Wildman–Crippen LogP) is 6.43.